The lowest BCUT2D eigenvalue weighted by atomic mass is 9.70. The standard InChI is InChI=1S/C19H27N5O2/c1-11-7-13(9-19(3,4)8-11)24-12(2)10-23-14-15(20-17(23)24)21(5)18(26)22(6)16(14)25/h10-11,13H,7-9H2,1-6H3. The Morgan fingerprint density at radius 2 is 1.85 bits per heavy atom. The number of fused-ring (bicyclic) bond motifs is 3. The van der Waals surface area contributed by atoms with Crippen molar-refractivity contribution in [2.75, 3.05) is 0 Å². The highest BCUT2D eigenvalue weighted by Gasteiger charge is 2.34. The van der Waals surface area contributed by atoms with E-state index >= 15 is 0 Å². The van der Waals surface area contributed by atoms with Crippen molar-refractivity contribution in [1.29, 1.82) is 0 Å². The molecule has 0 amide bonds. The lowest BCUT2D eigenvalue weighted by Crippen LogP contribution is -2.37. The summed E-state index contributed by atoms with van der Waals surface area (Å²) in [5.41, 5.74) is 1.65. The van der Waals surface area contributed by atoms with Gasteiger partial charge in [-0.2, -0.15) is 4.98 Å². The second kappa shape index (κ2) is 5.34. The number of aryl methyl sites for hydroxylation is 2. The summed E-state index contributed by atoms with van der Waals surface area (Å²) in [6, 6.07) is 0.351. The van der Waals surface area contributed by atoms with Gasteiger partial charge in [-0.15, -0.1) is 0 Å². The largest absolute Gasteiger partial charge is 0.332 e. The van der Waals surface area contributed by atoms with Crippen LogP contribution in [-0.2, 0) is 14.1 Å². The maximum Gasteiger partial charge on any atom is 0.332 e. The number of hydrogen-bond acceptors (Lipinski definition) is 3. The normalized spacial score (nSPS) is 23.2. The molecular formula is C19H27N5O2. The molecular weight excluding hydrogens is 330 g/mol. The molecule has 0 saturated heterocycles. The third-order valence-corrected chi connectivity index (χ3v) is 5.91. The van der Waals surface area contributed by atoms with Crippen molar-refractivity contribution in [3.05, 3.63) is 32.7 Å². The maximum atomic E-state index is 12.7. The number of imidazole rings is 2. The average molecular weight is 357 g/mol. The monoisotopic (exact) mass is 357 g/mol. The molecule has 2 atom stereocenters. The van der Waals surface area contributed by atoms with Crippen LogP contribution in [0.2, 0.25) is 0 Å². The van der Waals surface area contributed by atoms with Crippen molar-refractivity contribution in [1.82, 2.24) is 23.1 Å². The summed E-state index contributed by atoms with van der Waals surface area (Å²) in [4.78, 5) is 29.7. The molecule has 3 aromatic heterocycles. The number of hydrogen-bond donors (Lipinski definition) is 0. The zero-order valence-corrected chi connectivity index (χ0v) is 16.4. The Hall–Kier alpha value is -2.31. The summed E-state index contributed by atoms with van der Waals surface area (Å²) in [7, 11) is 3.18. The third-order valence-electron chi connectivity index (χ3n) is 5.91. The van der Waals surface area contributed by atoms with Crippen LogP contribution in [-0.4, -0.2) is 23.1 Å². The van der Waals surface area contributed by atoms with E-state index in [0.717, 1.165) is 28.9 Å². The zero-order chi connectivity index (χ0) is 19.0. The van der Waals surface area contributed by atoms with Gasteiger partial charge < -0.3 is 4.57 Å². The van der Waals surface area contributed by atoms with Gasteiger partial charge in [0.25, 0.3) is 5.56 Å². The number of aromatic nitrogens is 5. The highest BCUT2D eigenvalue weighted by molar-refractivity contribution is 5.75. The van der Waals surface area contributed by atoms with Crippen molar-refractivity contribution in [3.63, 3.8) is 0 Å². The lowest BCUT2D eigenvalue weighted by Gasteiger charge is -2.39. The van der Waals surface area contributed by atoms with Crippen LogP contribution < -0.4 is 11.2 Å². The molecule has 0 N–H and O–H groups in total. The van der Waals surface area contributed by atoms with Gasteiger partial charge in [0.15, 0.2) is 11.2 Å². The van der Waals surface area contributed by atoms with Crippen molar-refractivity contribution in [2.24, 2.45) is 25.4 Å². The summed E-state index contributed by atoms with van der Waals surface area (Å²) < 4.78 is 6.73. The van der Waals surface area contributed by atoms with Gasteiger partial charge in [-0.1, -0.05) is 20.8 Å². The minimum atomic E-state index is -0.348. The van der Waals surface area contributed by atoms with Gasteiger partial charge in [0, 0.05) is 32.0 Å². The summed E-state index contributed by atoms with van der Waals surface area (Å²) in [5, 5.41) is 0. The second-order valence-electron chi connectivity index (χ2n) is 8.87. The van der Waals surface area contributed by atoms with E-state index in [2.05, 4.69) is 32.3 Å². The number of nitrogens with zero attached hydrogens (tertiary/aromatic N) is 5. The van der Waals surface area contributed by atoms with Crippen LogP contribution in [0, 0.1) is 18.3 Å². The van der Waals surface area contributed by atoms with Crippen molar-refractivity contribution < 1.29 is 0 Å². The Morgan fingerprint density at radius 3 is 2.50 bits per heavy atom. The first-order chi connectivity index (χ1) is 12.1. The molecule has 0 bridgehead atoms. The van der Waals surface area contributed by atoms with Gasteiger partial charge in [-0.3, -0.25) is 18.3 Å². The lowest BCUT2D eigenvalue weighted by molar-refractivity contribution is 0.138. The van der Waals surface area contributed by atoms with Crippen LogP contribution in [0.25, 0.3) is 16.9 Å². The molecule has 26 heavy (non-hydrogen) atoms. The molecule has 1 aliphatic rings. The molecule has 1 fully saturated rings. The molecule has 2 unspecified atom stereocenters. The van der Waals surface area contributed by atoms with Gasteiger partial charge in [-0.25, -0.2) is 4.79 Å². The average Bonchev–Trinajstić information content (AvgIpc) is 3.03. The predicted molar refractivity (Wildman–Crippen MR) is 102 cm³/mol. The zero-order valence-electron chi connectivity index (χ0n) is 16.4. The van der Waals surface area contributed by atoms with E-state index in [-0.39, 0.29) is 16.7 Å². The Morgan fingerprint density at radius 1 is 1.15 bits per heavy atom. The smallest absolute Gasteiger partial charge is 0.311 e. The van der Waals surface area contributed by atoms with Gasteiger partial charge in [0.2, 0.25) is 5.78 Å². The Balaban J connectivity index is 2.02. The minimum Gasteiger partial charge on any atom is -0.311 e. The second-order valence-corrected chi connectivity index (χ2v) is 8.87. The molecule has 3 aromatic rings. The van der Waals surface area contributed by atoms with Crippen LogP contribution in [0.3, 0.4) is 0 Å². The minimum absolute atomic E-state index is 0.283. The first-order valence-corrected chi connectivity index (χ1v) is 9.26. The van der Waals surface area contributed by atoms with E-state index in [1.54, 1.807) is 7.05 Å². The number of rotatable bonds is 1. The molecule has 1 aliphatic carbocycles. The van der Waals surface area contributed by atoms with Gasteiger partial charge in [0.05, 0.1) is 0 Å². The first-order valence-electron chi connectivity index (χ1n) is 9.26. The SMILES string of the molecule is Cc1cn2c3c(=O)n(C)c(=O)n(C)c3nc2n1C1CC(C)CC(C)(C)C1. The van der Waals surface area contributed by atoms with Crippen LogP contribution in [0.4, 0.5) is 0 Å². The van der Waals surface area contributed by atoms with Gasteiger partial charge >= 0.3 is 5.69 Å². The van der Waals surface area contributed by atoms with E-state index in [0.29, 0.717) is 23.1 Å². The Bertz CT molecular complexity index is 1140. The molecule has 0 spiro atoms. The molecule has 0 radical (unpaired) electrons. The Labute approximate surface area is 151 Å². The van der Waals surface area contributed by atoms with E-state index in [1.165, 1.54) is 18.0 Å². The summed E-state index contributed by atoms with van der Waals surface area (Å²) in [5.74, 6) is 1.40. The molecule has 7 heteroatoms. The van der Waals surface area contributed by atoms with Crippen molar-refractivity contribution in [3.8, 4) is 0 Å². The van der Waals surface area contributed by atoms with Crippen molar-refractivity contribution in [2.45, 2.75) is 53.0 Å². The highest BCUT2D eigenvalue weighted by Crippen LogP contribution is 2.44. The fourth-order valence-electron chi connectivity index (χ4n) is 5.05. The molecule has 0 aromatic carbocycles. The quantitative estimate of drug-likeness (QED) is 0.672. The molecule has 0 aliphatic heterocycles. The maximum absolute atomic E-state index is 12.7. The molecule has 1 saturated carbocycles. The van der Waals surface area contributed by atoms with Gasteiger partial charge in [-0.05, 0) is 37.5 Å². The predicted octanol–water partition coefficient (Wildman–Crippen LogP) is 2.38. The van der Waals surface area contributed by atoms with E-state index in [1.807, 2.05) is 10.6 Å². The van der Waals surface area contributed by atoms with Crippen LogP contribution in [0.15, 0.2) is 15.8 Å². The fraction of sp³-hybridized carbons (Fsp3) is 0.632. The van der Waals surface area contributed by atoms with Crippen LogP contribution >= 0.6 is 0 Å². The molecule has 3 heterocycles. The molecule has 7 nitrogen and oxygen atoms in total. The van der Waals surface area contributed by atoms with E-state index in [4.69, 9.17) is 4.98 Å². The first kappa shape index (κ1) is 17.1. The third kappa shape index (κ3) is 2.29. The van der Waals surface area contributed by atoms with Gasteiger partial charge in [0.1, 0.15) is 0 Å². The van der Waals surface area contributed by atoms with Crippen molar-refractivity contribution >= 4 is 16.9 Å². The molecule has 4 rings (SSSR count). The summed E-state index contributed by atoms with van der Waals surface area (Å²) >= 11 is 0. The van der Waals surface area contributed by atoms with Crippen LogP contribution in [0.5, 0.6) is 0 Å². The van der Waals surface area contributed by atoms with Crippen LogP contribution in [0.1, 0.15) is 51.8 Å². The highest BCUT2D eigenvalue weighted by atomic mass is 16.2. The molecule has 140 valence electrons. The van der Waals surface area contributed by atoms with E-state index < -0.39 is 0 Å². The summed E-state index contributed by atoms with van der Waals surface area (Å²) in [6.45, 7) is 9.03. The fourth-order valence-corrected chi connectivity index (χ4v) is 5.05. The topological polar surface area (TPSA) is 66.2 Å². The Kier molecular flexibility index (Phi) is 3.52. The summed E-state index contributed by atoms with van der Waals surface area (Å²) in [6.07, 6.45) is 5.39. The van der Waals surface area contributed by atoms with E-state index in [9.17, 15) is 9.59 Å².